The van der Waals surface area contributed by atoms with Gasteiger partial charge in [-0.25, -0.2) is 9.18 Å². The molecule has 3 N–H and O–H groups in total. The molecule has 0 bridgehead atoms. The number of piperidine rings is 1. The van der Waals surface area contributed by atoms with E-state index in [1.165, 1.54) is 23.1 Å². The lowest BCUT2D eigenvalue weighted by Crippen LogP contribution is -2.44. The van der Waals surface area contributed by atoms with Crippen LogP contribution in [0.2, 0.25) is 0 Å². The van der Waals surface area contributed by atoms with Crippen LogP contribution in [-0.4, -0.2) is 35.0 Å². The SMILES string of the molecule is NC(=O)N1CCC(Nc2c(F)cccc2[N+](=O)[O-])CC1. The summed E-state index contributed by atoms with van der Waals surface area (Å²) in [5.41, 5.74) is 4.78. The van der Waals surface area contributed by atoms with Gasteiger partial charge in [0.25, 0.3) is 5.69 Å². The fourth-order valence-corrected chi connectivity index (χ4v) is 2.26. The zero-order valence-electron chi connectivity index (χ0n) is 10.7. The Bertz CT molecular complexity index is 529. The lowest BCUT2D eigenvalue weighted by atomic mass is 10.0. The molecule has 0 aliphatic carbocycles. The number of nitrogens with one attached hydrogen (secondary N) is 1. The second kappa shape index (κ2) is 5.72. The highest BCUT2D eigenvalue weighted by molar-refractivity contribution is 5.72. The van der Waals surface area contributed by atoms with Gasteiger partial charge in [0.05, 0.1) is 4.92 Å². The van der Waals surface area contributed by atoms with E-state index >= 15 is 0 Å². The van der Waals surface area contributed by atoms with Gasteiger partial charge in [-0.15, -0.1) is 0 Å². The molecule has 0 radical (unpaired) electrons. The van der Waals surface area contributed by atoms with E-state index < -0.39 is 16.8 Å². The van der Waals surface area contributed by atoms with Gasteiger partial charge in [-0.2, -0.15) is 0 Å². The third-order valence-corrected chi connectivity index (χ3v) is 3.34. The number of hydrogen-bond donors (Lipinski definition) is 2. The molecule has 8 heteroatoms. The average Bonchev–Trinajstić information content (AvgIpc) is 2.41. The number of rotatable bonds is 3. The van der Waals surface area contributed by atoms with Gasteiger partial charge in [-0.3, -0.25) is 10.1 Å². The molecule has 1 aromatic rings. The average molecular weight is 282 g/mol. The largest absolute Gasteiger partial charge is 0.374 e. The van der Waals surface area contributed by atoms with Gasteiger partial charge in [0.1, 0.15) is 5.69 Å². The number of amides is 2. The van der Waals surface area contributed by atoms with Crippen LogP contribution in [0.1, 0.15) is 12.8 Å². The topological polar surface area (TPSA) is 102 Å². The number of primary amides is 1. The maximum atomic E-state index is 13.7. The lowest BCUT2D eigenvalue weighted by molar-refractivity contribution is -0.384. The molecule has 0 atom stereocenters. The predicted octanol–water partition coefficient (Wildman–Crippen LogP) is 1.69. The number of carbonyl (C=O) groups is 1. The highest BCUT2D eigenvalue weighted by Crippen LogP contribution is 2.29. The molecule has 0 spiro atoms. The predicted molar refractivity (Wildman–Crippen MR) is 70.9 cm³/mol. The van der Waals surface area contributed by atoms with Crippen molar-refractivity contribution in [2.24, 2.45) is 5.73 Å². The number of halogens is 1. The Balaban J connectivity index is 2.08. The van der Waals surface area contributed by atoms with Crippen LogP contribution in [0, 0.1) is 15.9 Å². The van der Waals surface area contributed by atoms with Crippen LogP contribution in [0.4, 0.5) is 20.6 Å². The summed E-state index contributed by atoms with van der Waals surface area (Å²) in [7, 11) is 0. The number of para-hydroxylation sites is 1. The molecule has 2 amide bonds. The fraction of sp³-hybridized carbons (Fsp3) is 0.417. The molecule has 0 unspecified atom stereocenters. The monoisotopic (exact) mass is 282 g/mol. The van der Waals surface area contributed by atoms with E-state index in [4.69, 9.17) is 5.73 Å². The maximum absolute atomic E-state index is 13.7. The zero-order valence-corrected chi connectivity index (χ0v) is 10.7. The van der Waals surface area contributed by atoms with Crippen LogP contribution < -0.4 is 11.1 Å². The molecule has 0 aromatic heterocycles. The first kappa shape index (κ1) is 14.0. The van der Waals surface area contributed by atoms with E-state index in [0.29, 0.717) is 25.9 Å². The van der Waals surface area contributed by atoms with Crippen LogP contribution in [0.25, 0.3) is 0 Å². The second-order valence-electron chi connectivity index (χ2n) is 4.63. The molecule has 7 nitrogen and oxygen atoms in total. The number of hydrogen-bond acceptors (Lipinski definition) is 4. The first-order valence-electron chi connectivity index (χ1n) is 6.23. The minimum Gasteiger partial charge on any atom is -0.374 e. The van der Waals surface area contributed by atoms with E-state index in [1.54, 1.807) is 0 Å². The van der Waals surface area contributed by atoms with E-state index in [1.807, 2.05) is 0 Å². The van der Waals surface area contributed by atoms with Crippen molar-refractivity contribution in [1.29, 1.82) is 0 Å². The molecule has 1 fully saturated rings. The third-order valence-electron chi connectivity index (χ3n) is 3.34. The number of nitrogens with two attached hydrogens (primary N) is 1. The van der Waals surface area contributed by atoms with E-state index in [0.717, 1.165) is 0 Å². The maximum Gasteiger partial charge on any atom is 0.314 e. The van der Waals surface area contributed by atoms with Crippen molar-refractivity contribution >= 4 is 17.4 Å². The molecule has 108 valence electrons. The van der Waals surface area contributed by atoms with E-state index in [9.17, 15) is 19.3 Å². The van der Waals surface area contributed by atoms with Gasteiger partial charge in [0.2, 0.25) is 0 Å². The van der Waals surface area contributed by atoms with Crippen molar-refractivity contribution < 1.29 is 14.1 Å². The highest BCUT2D eigenvalue weighted by atomic mass is 19.1. The number of likely N-dealkylation sites (tertiary alicyclic amines) is 1. The minimum absolute atomic E-state index is 0.102. The normalized spacial score (nSPS) is 15.9. The van der Waals surface area contributed by atoms with Crippen LogP contribution in [0.5, 0.6) is 0 Å². The summed E-state index contributed by atoms with van der Waals surface area (Å²) >= 11 is 0. The quantitative estimate of drug-likeness (QED) is 0.650. The zero-order chi connectivity index (χ0) is 14.7. The third kappa shape index (κ3) is 2.95. The summed E-state index contributed by atoms with van der Waals surface area (Å²) < 4.78 is 13.7. The number of urea groups is 1. The van der Waals surface area contributed by atoms with Gasteiger partial charge in [-0.05, 0) is 18.9 Å². The Hall–Kier alpha value is -2.38. The van der Waals surface area contributed by atoms with Crippen molar-refractivity contribution in [3.05, 3.63) is 34.1 Å². The molecule has 2 rings (SSSR count). The number of anilines is 1. The van der Waals surface area contributed by atoms with Crippen LogP contribution in [-0.2, 0) is 0 Å². The van der Waals surface area contributed by atoms with Crippen molar-refractivity contribution in [2.45, 2.75) is 18.9 Å². The Morgan fingerprint density at radius 3 is 2.65 bits per heavy atom. The van der Waals surface area contributed by atoms with Crippen LogP contribution >= 0.6 is 0 Å². The fourth-order valence-electron chi connectivity index (χ4n) is 2.26. The van der Waals surface area contributed by atoms with Crippen molar-refractivity contribution in [2.75, 3.05) is 18.4 Å². The van der Waals surface area contributed by atoms with Crippen molar-refractivity contribution in [1.82, 2.24) is 4.90 Å². The molecule has 0 saturated carbocycles. The van der Waals surface area contributed by atoms with E-state index in [2.05, 4.69) is 5.32 Å². The summed E-state index contributed by atoms with van der Waals surface area (Å²) in [5, 5.41) is 13.7. The number of nitro groups is 1. The van der Waals surface area contributed by atoms with Gasteiger partial charge in [-0.1, -0.05) is 6.07 Å². The minimum atomic E-state index is -0.656. The van der Waals surface area contributed by atoms with Gasteiger partial charge in [0, 0.05) is 25.2 Å². The summed E-state index contributed by atoms with van der Waals surface area (Å²) in [6.45, 7) is 0.907. The molecule has 1 aliphatic heterocycles. The number of benzene rings is 1. The molecular formula is C12H15FN4O3. The number of nitro benzene ring substituents is 1. The summed E-state index contributed by atoms with van der Waals surface area (Å²) in [5.74, 6) is -0.656. The van der Waals surface area contributed by atoms with Crippen molar-refractivity contribution in [3.63, 3.8) is 0 Å². The van der Waals surface area contributed by atoms with Crippen LogP contribution in [0.3, 0.4) is 0 Å². The summed E-state index contributed by atoms with van der Waals surface area (Å²) in [6.07, 6.45) is 1.13. The molecule has 20 heavy (non-hydrogen) atoms. The smallest absolute Gasteiger partial charge is 0.314 e. The standard InChI is InChI=1S/C12H15FN4O3/c13-9-2-1-3-10(17(19)20)11(9)15-8-4-6-16(7-5-8)12(14)18/h1-3,8,15H,4-7H2,(H2,14,18). The van der Waals surface area contributed by atoms with Gasteiger partial charge < -0.3 is 16.0 Å². The molecule has 1 saturated heterocycles. The Kier molecular flexibility index (Phi) is 4.02. The second-order valence-corrected chi connectivity index (χ2v) is 4.63. The molecule has 1 aliphatic rings. The number of carbonyl (C=O) groups excluding carboxylic acids is 1. The van der Waals surface area contributed by atoms with E-state index in [-0.39, 0.29) is 17.4 Å². The first-order chi connectivity index (χ1) is 9.49. The van der Waals surface area contributed by atoms with Crippen molar-refractivity contribution in [3.8, 4) is 0 Å². The summed E-state index contributed by atoms with van der Waals surface area (Å²) in [4.78, 5) is 22.8. The highest BCUT2D eigenvalue weighted by Gasteiger charge is 2.25. The Labute approximate surface area is 114 Å². The van der Waals surface area contributed by atoms with Crippen LogP contribution in [0.15, 0.2) is 18.2 Å². The lowest BCUT2D eigenvalue weighted by Gasteiger charge is -2.31. The Morgan fingerprint density at radius 1 is 1.45 bits per heavy atom. The Morgan fingerprint density at radius 2 is 2.10 bits per heavy atom. The van der Waals surface area contributed by atoms with Gasteiger partial charge in [0.15, 0.2) is 5.82 Å². The first-order valence-corrected chi connectivity index (χ1v) is 6.23. The molecular weight excluding hydrogens is 267 g/mol. The number of nitrogens with zero attached hydrogens (tertiary/aromatic N) is 2. The molecule has 1 heterocycles. The van der Waals surface area contributed by atoms with Gasteiger partial charge >= 0.3 is 6.03 Å². The summed E-state index contributed by atoms with van der Waals surface area (Å²) in [6, 6.07) is 3.12. The molecule has 1 aromatic carbocycles.